The van der Waals surface area contributed by atoms with Gasteiger partial charge in [0.2, 0.25) is 5.95 Å². The highest BCUT2D eigenvalue weighted by Crippen LogP contribution is 2.18. The summed E-state index contributed by atoms with van der Waals surface area (Å²) in [6, 6.07) is 5.32. The maximum atomic E-state index is 12.0. The number of H-pyrrole nitrogens is 1. The number of nitrogens with zero attached hydrogens (tertiary/aromatic N) is 4. The van der Waals surface area contributed by atoms with Crippen molar-refractivity contribution < 1.29 is 0 Å². The molecule has 3 heterocycles. The Morgan fingerprint density at radius 3 is 2.88 bits per heavy atom. The first-order chi connectivity index (χ1) is 12.0. The first kappa shape index (κ1) is 17.2. The molecule has 0 unspecified atom stereocenters. The van der Waals surface area contributed by atoms with Crippen LogP contribution in [0.15, 0.2) is 47.8 Å². The van der Waals surface area contributed by atoms with Gasteiger partial charge in [0, 0.05) is 37.1 Å². The standard InChI is InChI=1S/C17H19ClN6O/c1-11(9-24-10-14(18)8-20-24)15-6-16(25)23-17(22-15)21-12(2)13-4-3-5-19-7-13/h3-8,10-12H,9H2,1-2H3,(H2,21,22,23,25)/t11-,12+/m1/s1. The summed E-state index contributed by atoms with van der Waals surface area (Å²) >= 11 is 5.89. The van der Waals surface area contributed by atoms with Gasteiger partial charge in [0.05, 0.1) is 23.0 Å². The molecule has 0 radical (unpaired) electrons. The quantitative estimate of drug-likeness (QED) is 0.707. The molecule has 0 aliphatic rings. The molecule has 0 amide bonds. The van der Waals surface area contributed by atoms with E-state index in [9.17, 15) is 4.79 Å². The average Bonchev–Trinajstić information content (AvgIpc) is 3.00. The van der Waals surface area contributed by atoms with Crippen LogP contribution in [-0.2, 0) is 6.54 Å². The molecule has 3 rings (SSSR count). The van der Waals surface area contributed by atoms with E-state index in [2.05, 4.69) is 25.4 Å². The lowest BCUT2D eigenvalue weighted by molar-refractivity contribution is 0.533. The smallest absolute Gasteiger partial charge is 0.252 e. The third-order valence-corrected chi connectivity index (χ3v) is 4.06. The lowest BCUT2D eigenvalue weighted by Crippen LogP contribution is -2.18. The number of halogens is 1. The van der Waals surface area contributed by atoms with Gasteiger partial charge in [-0.2, -0.15) is 5.10 Å². The van der Waals surface area contributed by atoms with Crippen molar-refractivity contribution in [1.29, 1.82) is 0 Å². The Kier molecular flexibility index (Phi) is 5.14. The van der Waals surface area contributed by atoms with Gasteiger partial charge in [-0.15, -0.1) is 0 Å². The van der Waals surface area contributed by atoms with Gasteiger partial charge in [-0.1, -0.05) is 24.6 Å². The monoisotopic (exact) mass is 358 g/mol. The Hall–Kier alpha value is -2.67. The summed E-state index contributed by atoms with van der Waals surface area (Å²) in [5.41, 5.74) is 1.50. The van der Waals surface area contributed by atoms with E-state index < -0.39 is 0 Å². The third kappa shape index (κ3) is 4.45. The molecule has 0 saturated carbocycles. The van der Waals surface area contributed by atoms with E-state index in [4.69, 9.17) is 11.6 Å². The first-order valence-corrected chi connectivity index (χ1v) is 8.34. The molecule has 0 aliphatic carbocycles. The number of pyridine rings is 1. The summed E-state index contributed by atoms with van der Waals surface area (Å²) in [7, 11) is 0. The number of hydrogen-bond acceptors (Lipinski definition) is 5. The molecule has 2 N–H and O–H groups in total. The molecule has 2 atom stereocenters. The normalized spacial score (nSPS) is 13.4. The molecule has 3 aromatic heterocycles. The zero-order valence-electron chi connectivity index (χ0n) is 14.0. The summed E-state index contributed by atoms with van der Waals surface area (Å²) in [6.07, 6.45) is 6.83. The van der Waals surface area contributed by atoms with Crippen LogP contribution >= 0.6 is 11.6 Å². The molecule has 130 valence electrons. The minimum absolute atomic E-state index is 0.00696. The lowest BCUT2D eigenvalue weighted by atomic mass is 10.1. The zero-order chi connectivity index (χ0) is 17.8. The summed E-state index contributed by atoms with van der Waals surface area (Å²) in [5, 5.41) is 7.96. The second-order valence-corrected chi connectivity index (χ2v) is 6.39. The molecule has 0 spiro atoms. The summed E-state index contributed by atoms with van der Waals surface area (Å²) in [5.74, 6) is 0.441. The van der Waals surface area contributed by atoms with Gasteiger partial charge in [0.15, 0.2) is 0 Å². The maximum absolute atomic E-state index is 12.0. The minimum Gasteiger partial charge on any atom is -0.349 e. The van der Waals surface area contributed by atoms with Gasteiger partial charge >= 0.3 is 0 Å². The predicted octanol–water partition coefficient (Wildman–Crippen LogP) is 2.99. The fourth-order valence-corrected chi connectivity index (χ4v) is 2.69. The Balaban J connectivity index is 1.77. The average molecular weight is 359 g/mol. The van der Waals surface area contributed by atoms with Crippen molar-refractivity contribution in [2.24, 2.45) is 0 Å². The molecular weight excluding hydrogens is 340 g/mol. The molecule has 0 aromatic carbocycles. The fraction of sp³-hybridized carbons (Fsp3) is 0.294. The van der Waals surface area contributed by atoms with Crippen molar-refractivity contribution >= 4 is 17.5 Å². The van der Waals surface area contributed by atoms with E-state index in [1.807, 2.05) is 26.0 Å². The number of aromatic amines is 1. The van der Waals surface area contributed by atoms with Crippen molar-refractivity contribution in [2.45, 2.75) is 32.4 Å². The second-order valence-electron chi connectivity index (χ2n) is 5.95. The highest BCUT2D eigenvalue weighted by atomic mass is 35.5. The van der Waals surface area contributed by atoms with Crippen LogP contribution in [0, 0.1) is 0 Å². The summed E-state index contributed by atoms with van der Waals surface area (Å²) < 4.78 is 1.74. The number of hydrogen-bond donors (Lipinski definition) is 2. The van der Waals surface area contributed by atoms with Crippen LogP contribution in [-0.4, -0.2) is 24.7 Å². The molecule has 0 aliphatic heterocycles. The topological polar surface area (TPSA) is 88.5 Å². The molecule has 25 heavy (non-hydrogen) atoms. The first-order valence-electron chi connectivity index (χ1n) is 7.97. The van der Waals surface area contributed by atoms with Crippen molar-refractivity contribution in [3.8, 4) is 0 Å². The van der Waals surface area contributed by atoms with E-state index >= 15 is 0 Å². The van der Waals surface area contributed by atoms with E-state index in [0.717, 1.165) is 5.56 Å². The Morgan fingerprint density at radius 2 is 2.20 bits per heavy atom. The van der Waals surface area contributed by atoms with Crippen molar-refractivity contribution in [3.05, 3.63) is 69.6 Å². The minimum atomic E-state index is -0.198. The van der Waals surface area contributed by atoms with Crippen LogP contribution in [0.5, 0.6) is 0 Å². The van der Waals surface area contributed by atoms with Gasteiger partial charge in [0.25, 0.3) is 5.56 Å². The van der Waals surface area contributed by atoms with Crippen LogP contribution in [0.3, 0.4) is 0 Å². The molecular formula is C17H19ClN6O. The van der Waals surface area contributed by atoms with Gasteiger partial charge < -0.3 is 5.32 Å². The number of anilines is 1. The Labute approximate surface area is 150 Å². The van der Waals surface area contributed by atoms with Crippen molar-refractivity contribution in [2.75, 3.05) is 5.32 Å². The molecule has 0 saturated heterocycles. The van der Waals surface area contributed by atoms with Crippen molar-refractivity contribution in [1.82, 2.24) is 24.7 Å². The van der Waals surface area contributed by atoms with Crippen LogP contribution < -0.4 is 10.9 Å². The van der Waals surface area contributed by atoms with E-state index in [0.29, 0.717) is 23.2 Å². The van der Waals surface area contributed by atoms with Crippen LogP contribution in [0.1, 0.15) is 37.1 Å². The van der Waals surface area contributed by atoms with Gasteiger partial charge in [0.1, 0.15) is 0 Å². The summed E-state index contributed by atoms with van der Waals surface area (Å²) in [6.45, 7) is 4.56. The van der Waals surface area contributed by atoms with Crippen LogP contribution in [0.4, 0.5) is 5.95 Å². The Morgan fingerprint density at radius 1 is 1.36 bits per heavy atom. The number of rotatable bonds is 6. The number of aromatic nitrogens is 5. The van der Waals surface area contributed by atoms with Gasteiger partial charge in [-0.3, -0.25) is 19.4 Å². The largest absolute Gasteiger partial charge is 0.349 e. The summed E-state index contributed by atoms with van der Waals surface area (Å²) in [4.78, 5) is 23.4. The highest BCUT2D eigenvalue weighted by Gasteiger charge is 2.13. The highest BCUT2D eigenvalue weighted by molar-refractivity contribution is 6.30. The van der Waals surface area contributed by atoms with Gasteiger partial charge in [-0.05, 0) is 18.6 Å². The third-order valence-electron chi connectivity index (χ3n) is 3.87. The zero-order valence-corrected chi connectivity index (χ0v) is 14.7. The Bertz CT molecular complexity index is 891. The van der Waals surface area contributed by atoms with Crippen molar-refractivity contribution in [3.63, 3.8) is 0 Å². The molecule has 0 bridgehead atoms. The van der Waals surface area contributed by atoms with E-state index in [1.54, 1.807) is 29.5 Å². The van der Waals surface area contributed by atoms with Gasteiger partial charge in [-0.25, -0.2) is 4.98 Å². The van der Waals surface area contributed by atoms with Crippen LogP contribution in [0.2, 0.25) is 5.02 Å². The maximum Gasteiger partial charge on any atom is 0.252 e. The molecule has 0 fully saturated rings. The van der Waals surface area contributed by atoms with Crippen LogP contribution in [0.25, 0.3) is 0 Å². The molecule has 7 nitrogen and oxygen atoms in total. The predicted molar refractivity (Wildman–Crippen MR) is 96.8 cm³/mol. The second kappa shape index (κ2) is 7.48. The SMILES string of the molecule is C[C@H](Cn1cc(Cl)cn1)c1cc(=O)[nH]c(N[C@@H](C)c2cccnc2)n1. The van der Waals surface area contributed by atoms with E-state index in [-0.39, 0.29) is 17.5 Å². The van der Waals surface area contributed by atoms with E-state index in [1.165, 1.54) is 6.07 Å². The fourth-order valence-electron chi connectivity index (χ4n) is 2.53. The molecule has 8 heteroatoms. The number of nitrogens with one attached hydrogen (secondary N) is 2. The molecule has 3 aromatic rings. The lowest BCUT2D eigenvalue weighted by Gasteiger charge is -2.16.